The Labute approximate surface area is 171 Å². The zero-order chi connectivity index (χ0) is 20.9. The second-order valence-electron chi connectivity index (χ2n) is 9.80. The van der Waals surface area contributed by atoms with E-state index in [1.54, 1.807) is 0 Å². The molecule has 0 radical (unpaired) electrons. The van der Waals surface area contributed by atoms with Gasteiger partial charge < -0.3 is 10.2 Å². The van der Waals surface area contributed by atoms with Crippen LogP contribution in [-0.2, 0) is 21.5 Å². The maximum absolute atomic E-state index is 12.5. The van der Waals surface area contributed by atoms with E-state index in [-0.39, 0.29) is 29.3 Å². The summed E-state index contributed by atoms with van der Waals surface area (Å²) in [5.41, 5.74) is 2.53. The summed E-state index contributed by atoms with van der Waals surface area (Å²) in [5, 5.41) is 3.11. The Morgan fingerprint density at radius 1 is 1.14 bits per heavy atom. The molecule has 0 aromatic heterocycles. The SMILES string of the molecule is CC(C)CCC(C)NC(=O)CC1CCC(=O)N1Cc1ccc(C(C)(C)C)cc1. The third kappa shape index (κ3) is 6.65. The van der Waals surface area contributed by atoms with E-state index in [0.29, 0.717) is 25.3 Å². The van der Waals surface area contributed by atoms with Gasteiger partial charge in [0.05, 0.1) is 0 Å². The summed E-state index contributed by atoms with van der Waals surface area (Å²) in [6.45, 7) is 13.6. The minimum Gasteiger partial charge on any atom is -0.354 e. The lowest BCUT2D eigenvalue weighted by molar-refractivity contribution is -0.130. The van der Waals surface area contributed by atoms with Crippen LogP contribution < -0.4 is 5.32 Å². The van der Waals surface area contributed by atoms with Crippen LogP contribution in [0.3, 0.4) is 0 Å². The van der Waals surface area contributed by atoms with E-state index < -0.39 is 0 Å². The molecule has 2 atom stereocenters. The third-order valence-electron chi connectivity index (χ3n) is 5.63. The van der Waals surface area contributed by atoms with Crippen molar-refractivity contribution < 1.29 is 9.59 Å². The van der Waals surface area contributed by atoms with Crippen LogP contribution in [0.1, 0.15) is 84.8 Å². The van der Waals surface area contributed by atoms with Crippen LogP contribution >= 0.6 is 0 Å². The molecule has 1 fully saturated rings. The van der Waals surface area contributed by atoms with Gasteiger partial charge in [-0.2, -0.15) is 0 Å². The van der Waals surface area contributed by atoms with Crippen LogP contribution in [0.15, 0.2) is 24.3 Å². The van der Waals surface area contributed by atoms with Crippen molar-refractivity contribution in [2.75, 3.05) is 0 Å². The number of carbonyl (C=O) groups is 2. The molecule has 0 spiro atoms. The fraction of sp³-hybridized carbons (Fsp3) is 0.667. The topological polar surface area (TPSA) is 49.4 Å². The van der Waals surface area contributed by atoms with E-state index >= 15 is 0 Å². The minimum absolute atomic E-state index is 0.00657. The molecule has 2 unspecified atom stereocenters. The maximum atomic E-state index is 12.5. The molecule has 1 aromatic carbocycles. The molecule has 28 heavy (non-hydrogen) atoms. The lowest BCUT2D eigenvalue weighted by Crippen LogP contribution is -2.39. The largest absolute Gasteiger partial charge is 0.354 e. The number of benzene rings is 1. The highest BCUT2D eigenvalue weighted by Gasteiger charge is 2.32. The summed E-state index contributed by atoms with van der Waals surface area (Å²) < 4.78 is 0. The Bertz CT molecular complexity index is 658. The normalized spacial score (nSPS) is 18.6. The number of hydrogen-bond acceptors (Lipinski definition) is 2. The molecular weight excluding hydrogens is 348 g/mol. The minimum atomic E-state index is 0.00657. The molecule has 4 nitrogen and oxygen atoms in total. The molecule has 1 aliphatic rings. The highest BCUT2D eigenvalue weighted by Crippen LogP contribution is 2.26. The molecule has 1 heterocycles. The van der Waals surface area contributed by atoms with E-state index in [1.165, 1.54) is 5.56 Å². The van der Waals surface area contributed by atoms with Crippen molar-refractivity contribution in [3.63, 3.8) is 0 Å². The molecule has 0 aliphatic carbocycles. The predicted molar refractivity (Wildman–Crippen MR) is 115 cm³/mol. The Balaban J connectivity index is 1.92. The van der Waals surface area contributed by atoms with Gasteiger partial charge in [0.15, 0.2) is 0 Å². The number of likely N-dealkylation sites (tertiary alicyclic amines) is 1. The van der Waals surface area contributed by atoms with Crippen molar-refractivity contribution in [3.8, 4) is 0 Å². The molecular formula is C24H38N2O2. The summed E-state index contributed by atoms with van der Waals surface area (Å²) in [4.78, 5) is 26.7. The molecule has 1 aliphatic heterocycles. The Morgan fingerprint density at radius 2 is 1.79 bits per heavy atom. The Kier molecular flexibility index (Phi) is 7.68. The smallest absolute Gasteiger partial charge is 0.223 e. The second kappa shape index (κ2) is 9.58. The molecule has 1 saturated heterocycles. The summed E-state index contributed by atoms with van der Waals surface area (Å²) in [7, 11) is 0. The van der Waals surface area contributed by atoms with E-state index in [2.05, 4.69) is 71.1 Å². The van der Waals surface area contributed by atoms with Crippen LogP contribution in [0.4, 0.5) is 0 Å². The van der Waals surface area contributed by atoms with Gasteiger partial charge in [0, 0.05) is 31.5 Å². The van der Waals surface area contributed by atoms with Crippen molar-refractivity contribution in [2.24, 2.45) is 5.92 Å². The number of nitrogens with one attached hydrogen (secondary N) is 1. The highest BCUT2D eigenvalue weighted by atomic mass is 16.2. The summed E-state index contributed by atoms with van der Waals surface area (Å²) in [6.07, 6.45) is 3.82. The molecule has 156 valence electrons. The van der Waals surface area contributed by atoms with Crippen molar-refractivity contribution in [1.82, 2.24) is 10.2 Å². The number of carbonyl (C=O) groups excluding carboxylic acids is 2. The molecule has 0 saturated carbocycles. The third-order valence-corrected chi connectivity index (χ3v) is 5.63. The second-order valence-corrected chi connectivity index (χ2v) is 9.80. The molecule has 4 heteroatoms. The number of rotatable bonds is 8. The first kappa shape index (κ1) is 22.4. The Morgan fingerprint density at radius 3 is 2.36 bits per heavy atom. The highest BCUT2D eigenvalue weighted by molar-refractivity contribution is 5.82. The zero-order valence-electron chi connectivity index (χ0n) is 18.5. The number of nitrogens with zero attached hydrogens (tertiary/aromatic N) is 1. The zero-order valence-corrected chi connectivity index (χ0v) is 18.5. The van der Waals surface area contributed by atoms with Gasteiger partial charge in [-0.1, -0.05) is 58.9 Å². The quantitative estimate of drug-likeness (QED) is 0.697. The van der Waals surface area contributed by atoms with Gasteiger partial charge in [0.25, 0.3) is 0 Å². The Hall–Kier alpha value is -1.84. The first-order chi connectivity index (χ1) is 13.1. The van der Waals surface area contributed by atoms with Crippen LogP contribution in [0.2, 0.25) is 0 Å². The summed E-state index contributed by atoms with van der Waals surface area (Å²) in [6, 6.07) is 8.70. The van der Waals surface area contributed by atoms with Crippen LogP contribution in [-0.4, -0.2) is 28.8 Å². The maximum Gasteiger partial charge on any atom is 0.223 e. The number of hydrogen-bond donors (Lipinski definition) is 1. The lowest BCUT2D eigenvalue weighted by Gasteiger charge is -2.26. The molecule has 2 amide bonds. The van der Waals surface area contributed by atoms with Gasteiger partial charge >= 0.3 is 0 Å². The standard InChI is InChI=1S/C24H38N2O2/c1-17(2)7-8-18(3)25-22(27)15-21-13-14-23(28)26(21)16-19-9-11-20(12-10-19)24(4,5)6/h9-12,17-18,21H,7-8,13-16H2,1-6H3,(H,25,27). The fourth-order valence-electron chi connectivity index (χ4n) is 3.73. The van der Waals surface area contributed by atoms with Gasteiger partial charge in [-0.3, -0.25) is 9.59 Å². The average Bonchev–Trinajstić information content (AvgIpc) is 2.93. The first-order valence-electron chi connectivity index (χ1n) is 10.7. The van der Waals surface area contributed by atoms with Crippen LogP contribution in [0.5, 0.6) is 0 Å². The van der Waals surface area contributed by atoms with Crippen molar-refractivity contribution in [3.05, 3.63) is 35.4 Å². The molecule has 1 N–H and O–H groups in total. The van der Waals surface area contributed by atoms with Gasteiger partial charge in [-0.15, -0.1) is 0 Å². The molecule has 0 bridgehead atoms. The number of amides is 2. The molecule has 2 rings (SSSR count). The van der Waals surface area contributed by atoms with Crippen LogP contribution in [0.25, 0.3) is 0 Å². The van der Waals surface area contributed by atoms with Crippen molar-refractivity contribution in [2.45, 2.75) is 97.7 Å². The summed E-state index contributed by atoms with van der Waals surface area (Å²) >= 11 is 0. The lowest BCUT2D eigenvalue weighted by atomic mass is 9.87. The van der Waals surface area contributed by atoms with E-state index in [1.807, 2.05) is 4.90 Å². The molecule has 1 aromatic rings. The van der Waals surface area contributed by atoms with Gasteiger partial charge in [0.2, 0.25) is 11.8 Å². The van der Waals surface area contributed by atoms with E-state index in [0.717, 1.165) is 24.8 Å². The predicted octanol–water partition coefficient (Wildman–Crippen LogP) is 4.81. The van der Waals surface area contributed by atoms with E-state index in [9.17, 15) is 9.59 Å². The van der Waals surface area contributed by atoms with Crippen molar-refractivity contribution in [1.29, 1.82) is 0 Å². The van der Waals surface area contributed by atoms with Crippen LogP contribution in [0, 0.1) is 5.92 Å². The van der Waals surface area contributed by atoms with Gasteiger partial charge in [-0.05, 0) is 48.6 Å². The summed E-state index contributed by atoms with van der Waals surface area (Å²) in [5.74, 6) is 0.863. The fourth-order valence-corrected chi connectivity index (χ4v) is 3.73. The van der Waals surface area contributed by atoms with Gasteiger partial charge in [0.1, 0.15) is 0 Å². The van der Waals surface area contributed by atoms with Crippen molar-refractivity contribution >= 4 is 11.8 Å². The first-order valence-corrected chi connectivity index (χ1v) is 10.7. The monoisotopic (exact) mass is 386 g/mol. The van der Waals surface area contributed by atoms with E-state index in [4.69, 9.17) is 0 Å². The average molecular weight is 387 g/mol. The van der Waals surface area contributed by atoms with Gasteiger partial charge in [-0.25, -0.2) is 0 Å².